The molecule has 2 nitrogen and oxygen atoms in total. The number of carbonyl (C=O) groups excluding carboxylic acids is 1. The number of aliphatic hydroxyl groups excluding tert-OH is 1. The summed E-state index contributed by atoms with van der Waals surface area (Å²) in [6, 6.07) is 0. The average molecular weight is 300 g/mol. The van der Waals surface area contributed by atoms with E-state index < -0.39 is 0 Å². The smallest absolute Gasteiger partial charge is 0.168 e. The van der Waals surface area contributed by atoms with Crippen LogP contribution in [0.2, 0.25) is 0 Å². The lowest BCUT2D eigenvalue weighted by Gasteiger charge is -2.60. The lowest BCUT2D eigenvalue weighted by Crippen LogP contribution is -2.54. The zero-order valence-corrected chi connectivity index (χ0v) is 14.0. The summed E-state index contributed by atoms with van der Waals surface area (Å²) in [5, 5.41) is 10.0. The third-order valence-corrected chi connectivity index (χ3v) is 7.83. The minimum absolute atomic E-state index is 0.0188. The Morgan fingerprint density at radius 3 is 2.82 bits per heavy atom. The van der Waals surface area contributed by atoms with Crippen molar-refractivity contribution in [2.24, 2.45) is 28.1 Å². The van der Waals surface area contributed by atoms with Crippen LogP contribution >= 0.6 is 0 Å². The van der Waals surface area contributed by atoms with Crippen LogP contribution in [0.3, 0.4) is 0 Å². The van der Waals surface area contributed by atoms with Gasteiger partial charge in [-0.3, -0.25) is 4.79 Å². The minimum atomic E-state index is -0.223. The quantitative estimate of drug-likeness (QED) is 0.586. The summed E-state index contributed by atoms with van der Waals surface area (Å²) in [6.45, 7) is 9.03. The molecule has 4 rings (SSSR count). The molecule has 3 fully saturated rings. The van der Waals surface area contributed by atoms with Gasteiger partial charge in [-0.25, -0.2) is 0 Å². The van der Waals surface area contributed by atoms with Crippen LogP contribution < -0.4 is 0 Å². The van der Waals surface area contributed by atoms with Crippen LogP contribution in [0, 0.1) is 28.1 Å². The number of aliphatic hydroxyl groups is 1. The molecule has 1 N–H and O–H groups in total. The summed E-state index contributed by atoms with van der Waals surface area (Å²) in [6.07, 6.45) is 9.92. The molecule has 0 aromatic rings. The first kappa shape index (κ1) is 14.7. The number of ketones is 1. The molecule has 0 radical (unpaired) electrons. The molecular formula is C20H28O2. The molecule has 4 aliphatic carbocycles. The minimum Gasteiger partial charge on any atom is -0.396 e. The Hall–Kier alpha value is -0.890. The zero-order chi connectivity index (χ0) is 15.8. The van der Waals surface area contributed by atoms with Crippen molar-refractivity contribution in [3.63, 3.8) is 0 Å². The summed E-state index contributed by atoms with van der Waals surface area (Å²) in [4.78, 5) is 13.0. The van der Waals surface area contributed by atoms with E-state index in [1.807, 2.05) is 0 Å². The summed E-state index contributed by atoms with van der Waals surface area (Å²) < 4.78 is 0. The maximum Gasteiger partial charge on any atom is 0.168 e. The van der Waals surface area contributed by atoms with Crippen molar-refractivity contribution in [3.8, 4) is 0 Å². The van der Waals surface area contributed by atoms with E-state index in [-0.39, 0.29) is 22.9 Å². The third kappa shape index (κ3) is 1.52. The molecule has 2 bridgehead atoms. The molecule has 0 heterocycles. The number of rotatable bonds is 1. The van der Waals surface area contributed by atoms with Gasteiger partial charge in [0.05, 0.1) is 5.41 Å². The average Bonchev–Trinajstić information content (AvgIpc) is 2.68. The second-order valence-corrected chi connectivity index (χ2v) is 8.87. The molecular weight excluding hydrogens is 272 g/mol. The molecule has 3 saturated carbocycles. The second-order valence-electron chi connectivity index (χ2n) is 8.87. The first-order valence-electron chi connectivity index (χ1n) is 8.93. The molecule has 0 saturated heterocycles. The van der Waals surface area contributed by atoms with E-state index in [1.165, 1.54) is 12.0 Å². The van der Waals surface area contributed by atoms with Crippen LogP contribution in [-0.4, -0.2) is 17.5 Å². The van der Waals surface area contributed by atoms with Crippen molar-refractivity contribution in [1.82, 2.24) is 0 Å². The largest absolute Gasteiger partial charge is 0.396 e. The maximum absolute atomic E-state index is 13.0. The van der Waals surface area contributed by atoms with Crippen LogP contribution in [0.5, 0.6) is 0 Å². The van der Waals surface area contributed by atoms with Gasteiger partial charge in [0, 0.05) is 6.61 Å². The highest BCUT2D eigenvalue weighted by Crippen LogP contribution is 2.69. The van der Waals surface area contributed by atoms with E-state index in [4.69, 9.17) is 0 Å². The van der Waals surface area contributed by atoms with Gasteiger partial charge in [0.15, 0.2) is 5.78 Å². The Bertz CT molecular complexity index is 589. The highest BCUT2D eigenvalue weighted by atomic mass is 16.3. The van der Waals surface area contributed by atoms with Gasteiger partial charge in [-0.1, -0.05) is 38.5 Å². The van der Waals surface area contributed by atoms with Crippen LogP contribution in [0.4, 0.5) is 0 Å². The molecule has 0 aromatic carbocycles. The Balaban J connectivity index is 1.83. The van der Waals surface area contributed by atoms with Gasteiger partial charge in [-0.2, -0.15) is 0 Å². The van der Waals surface area contributed by atoms with Crippen molar-refractivity contribution in [2.45, 2.75) is 58.8 Å². The summed E-state index contributed by atoms with van der Waals surface area (Å²) in [5.41, 5.74) is 2.20. The number of allylic oxidation sites excluding steroid dienone is 3. The SMILES string of the molecule is C=C1C(=O)C23CCC4C(C)(CO)CCCC4(C)C2=CCC1C3. The fourth-order valence-electron chi connectivity index (χ4n) is 6.72. The first-order valence-corrected chi connectivity index (χ1v) is 8.93. The molecule has 0 amide bonds. The Morgan fingerprint density at radius 1 is 1.32 bits per heavy atom. The molecule has 0 aromatic heterocycles. The topological polar surface area (TPSA) is 37.3 Å². The number of fused-ring (bicyclic) bond motifs is 3. The molecule has 0 aliphatic heterocycles. The van der Waals surface area contributed by atoms with Crippen LogP contribution in [-0.2, 0) is 4.79 Å². The van der Waals surface area contributed by atoms with E-state index in [9.17, 15) is 9.90 Å². The number of hydrogen-bond donors (Lipinski definition) is 1. The van der Waals surface area contributed by atoms with Gasteiger partial charge in [-0.05, 0) is 66.8 Å². The molecule has 4 aliphatic rings. The highest BCUT2D eigenvalue weighted by molar-refractivity contribution is 6.05. The molecule has 5 unspecified atom stereocenters. The molecule has 22 heavy (non-hydrogen) atoms. The summed E-state index contributed by atoms with van der Waals surface area (Å²) in [7, 11) is 0. The van der Waals surface area contributed by atoms with Crippen molar-refractivity contribution in [2.75, 3.05) is 6.61 Å². The van der Waals surface area contributed by atoms with Gasteiger partial charge in [-0.15, -0.1) is 0 Å². The third-order valence-electron chi connectivity index (χ3n) is 7.83. The van der Waals surface area contributed by atoms with E-state index in [0.29, 0.717) is 17.6 Å². The predicted octanol–water partition coefficient (Wildman–Crippen LogP) is 4.05. The second kappa shape index (κ2) is 4.35. The number of hydrogen-bond acceptors (Lipinski definition) is 2. The Morgan fingerprint density at radius 2 is 2.09 bits per heavy atom. The Labute approximate surface area is 133 Å². The van der Waals surface area contributed by atoms with Gasteiger partial charge in [0.1, 0.15) is 0 Å². The van der Waals surface area contributed by atoms with Crippen molar-refractivity contribution >= 4 is 5.78 Å². The van der Waals surface area contributed by atoms with Crippen molar-refractivity contribution in [3.05, 3.63) is 23.8 Å². The highest BCUT2D eigenvalue weighted by Gasteiger charge is 2.63. The molecule has 2 heteroatoms. The molecule has 5 atom stereocenters. The van der Waals surface area contributed by atoms with Gasteiger partial charge >= 0.3 is 0 Å². The standard InChI is InChI=1S/C20H28O2/c1-13-14-5-6-16-19(3)9-4-8-18(2,12-21)15(19)7-10-20(16,11-14)17(13)22/h6,14-15,21H,1,4-5,7-12H2,2-3H3. The summed E-state index contributed by atoms with van der Waals surface area (Å²) in [5.74, 6) is 1.25. The van der Waals surface area contributed by atoms with Gasteiger partial charge < -0.3 is 5.11 Å². The van der Waals surface area contributed by atoms with E-state index in [1.54, 1.807) is 0 Å². The maximum atomic E-state index is 13.0. The fourth-order valence-corrected chi connectivity index (χ4v) is 6.72. The predicted molar refractivity (Wildman–Crippen MR) is 87.3 cm³/mol. The lowest BCUT2D eigenvalue weighted by molar-refractivity contribution is -0.127. The van der Waals surface area contributed by atoms with Crippen LogP contribution in [0.15, 0.2) is 23.8 Å². The lowest BCUT2D eigenvalue weighted by atomic mass is 9.44. The number of Topliss-reactive ketones (excluding diaryl/α,β-unsaturated/α-hetero) is 1. The van der Waals surface area contributed by atoms with E-state index in [2.05, 4.69) is 26.5 Å². The van der Waals surface area contributed by atoms with Crippen molar-refractivity contribution in [1.29, 1.82) is 0 Å². The zero-order valence-electron chi connectivity index (χ0n) is 14.0. The monoisotopic (exact) mass is 300 g/mol. The Kier molecular flexibility index (Phi) is 2.90. The van der Waals surface area contributed by atoms with E-state index in [0.717, 1.165) is 44.1 Å². The molecule has 120 valence electrons. The number of carbonyl (C=O) groups is 1. The van der Waals surface area contributed by atoms with E-state index >= 15 is 0 Å². The van der Waals surface area contributed by atoms with Crippen LogP contribution in [0.1, 0.15) is 58.8 Å². The van der Waals surface area contributed by atoms with Crippen LogP contribution in [0.25, 0.3) is 0 Å². The first-order chi connectivity index (χ1) is 10.4. The normalized spacial score (nSPS) is 50.4. The van der Waals surface area contributed by atoms with Crippen molar-refractivity contribution < 1.29 is 9.90 Å². The van der Waals surface area contributed by atoms with Gasteiger partial charge in [0.2, 0.25) is 0 Å². The van der Waals surface area contributed by atoms with Gasteiger partial charge in [0.25, 0.3) is 0 Å². The summed E-state index contributed by atoms with van der Waals surface area (Å²) >= 11 is 0. The molecule has 1 spiro atoms. The fraction of sp³-hybridized carbons (Fsp3) is 0.750.